The average Bonchev–Trinajstić information content (AvgIpc) is 2.67. The predicted molar refractivity (Wildman–Crippen MR) is 75.0 cm³/mol. The quantitative estimate of drug-likeness (QED) is 0.849. The molecular weight excluding hydrogens is 270 g/mol. The van der Waals surface area contributed by atoms with E-state index in [0.717, 1.165) is 21.6 Å². The monoisotopic (exact) mass is 285 g/mol. The van der Waals surface area contributed by atoms with Gasteiger partial charge in [0.2, 0.25) is 0 Å². The molecule has 0 amide bonds. The lowest BCUT2D eigenvalue weighted by Crippen LogP contribution is -2.10. The van der Waals surface area contributed by atoms with Gasteiger partial charge in [0.1, 0.15) is 22.0 Å². The van der Waals surface area contributed by atoms with E-state index in [4.69, 9.17) is 0 Å². The molecule has 0 aliphatic rings. The summed E-state index contributed by atoms with van der Waals surface area (Å²) in [7, 11) is -2.89. The van der Waals surface area contributed by atoms with Gasteiger partial charge in [0.05, 0.1) is 16.0 Å². The summed E-state index contributed by atoms with van der Waals surface area (Å²) in [4.78, 5) is 8.43. The molecule has 98 valence electrons. The van der Waals surface area contributed by atoms with Gasteiger partial charge in [-0.05, 0) is 24.3 Å². The first-order valence-corrected chi connectivity index (χ1v) is 8.52. The second-order valence-electron chi connectivity index (χ2n) is 4.23. The summed E-state index contributed by atoms with van der Waals surface area (Å²) in [6.45, 7) is 2.61. The topological polar surface area (TPSA) is 72.0 Å². The minimum atomic E-state index is -2.89. The van der Waals surface area contributed by atoms with E-state index in [1.54, 1.807) is 11.3 Å². The van der Waals surface area contributed by atoms with Crippen molar-refractivity contribution in [1.29, 1.82) is 0 Å². The first kappa shape index (κ1) is 13.2. The standard InChI is InChI=1S/C11H15N3O2S2/c1-8-6-17-10-9(8)13-7-14-11(10)12-4-3-5-18(2,15)16/h6-7H,3-5H2,1-2H3,(H,12,13,14). The molecule has 2 heterocycles. The van der Waals surface area contributed by atoms with Crippen LogP contribution < -0.4 is 5.32 Å². The van der Waals surface area contributed by atoms with Crippen molar-refractivity contribution in [3.05, 3.63) is 17.3 Å². The van der Waals surface area contributed by atoms with E-state index in [0.29, 0.717) is 13.0 Å². The average molecular weight is 285 g/mol. The number of rotatable bonds is 5. The van der Waals surface area contributed by atoms with Gasteiger partial charge in [-0.3, -0.25) is 0 Å². The van der Waals surface area contributed by atoms with E-state index in [-0.39, 0.29) is 5.75 Å². The lowest BCUT2D eigenvalue weighted by Gasteiger charge is -2.05. The zero-order valence-electron chi connectivity index (χ0n) is 10.3. The zero-order chi connectivity index (χ0) is 13.2. The van der Waals surface area contributed by atoms with Crippen molar-refractivity contribution >= 4 is 37.2 Å². The fraction of sp³-hybridized carbons (Fsp3) is 0.455. The third-order valence-corrected chi connectivity index (χ3v) is 4.64. The molecule has 0 radical (unpaired) electrons. The summed E-state index contributed by atoms with van der Waals surface area (Å²) in [6, 6.07) is 0. The van der Waals surface area contributed by atoms with Gasteiger partial charge in [0, 0.05) is 12.8 Å². The number of fused-ring (bicyclic) bond motifs is 1. The SMILES string of the molecule is Cc1csc2c(NCCCS(C)(=O)=O)ncnc12. The number of aromatic nitrogens is 2. The van der Waals surface area contributed by atoms with Crippen LogP contribution in [0.4, 0.5) is 5.82 Å². The lowest BCUT2D eigenvalue weighted by molar-refractivity contribution is 0.600. The molecule has 0 aliphatic carbocycles. The molecule has 0 aliphatic heterocycles. The van der Waals surface area contributed by atoms with Gasteiger partial charge >= 0.3 is 0 Å². The van der Waals surface area contributed by atoms with Gasteiger partial charge < -0.3 is 5.32 Å². The third-order valence-electron chi connectivity index (χ3n) is 2.52. The minimum absolute atomic E-state index is 0.192. The summed E-state index contributed by atoms with van der Waals surface area (Å²) in [6.07, 6.45) is 3.36. The molecule has 2 aromatic heterocycles. The van der Waals surface area contributed by atoms with Crippen LogP contribution in [0.3, 0.4) is 0 Å². The number of sulfone groups is 1. The summed E-state index contributed by atoms with van der Waals surface area (Å²) in [5, 5.41) is 5.21. The Morgan fingerprint density at radius 1 is 1.39 bits per heavy atom. The highest BCUT2D eigenvalue weighted by Crippen LogP contribution is 2.28. The van der Waals surface area contributed by atoms with E-state index in [2.05, 4.69) is 15.3 Å². The number of hydrogen-bond donors (Lipinski definition) is 1. The highest BCUT2D eigenvalue weighted by Gasteiger charge is 2.08. The normalized spacial score (nSPS) is 11.9. The van der Waals surface area contributed by atoms with Crippen molar-refractivity contribution in [2.24, 2.45) is 0 Å². The molecule has 18 heavy (non-hydrogen) atoms. The van der Waals surface area contributed by atoms with E-state index >= 15 is 0 Å². The number of thiophene rings is 1. The van der Waals surface area contributed by atoms with E-state index in [1.807, 2.05) is 12.3 Å². The molecule has 1 N–H and O–H groups in total. The fourth-order valence-electron chi connectivity index (χ4n) is 1.64. The maximum absolute atomic E-state index is 11.0. The zero-order valence-corrected chi connectivity index (χ0v) is 11.9. The number of hydrogen-bond acceptors (Lipinski definition) is 6. The summed E-state index contributed by atoms with van der Waals surface area (Å²) < 4.78 is 23.0. The molecule has 0 fully saturated rings. The molecule has 2 aromatic rings. The molecule has 0 saturated carbocycles. The Hall–Kier alpha value is -1.21. The molecule has 5 nitrogen and oxygen atoms in total. The van der Waals surface area contributed by atoms with E-state index in [9.17, 15) is 8.42 Å². The van der Waals surface area contributed by atoms with Gasteiger partial charge in [-0.2, -0.15) is 0 Å². The first-order chi connectivity index (χ1) is 8.47. The van der Waals surface area contributed by atoms with Crippen molar-refractivity contribution in [3.8, 4) is 0 Å². The Labute approximate surface area is 110 Å². The molecular formula is C11H15N3O2S2. The Balaban J connectivity index is 2.04. The minimum Gasteiger partial charge on any atom is -0.369 e. The van der Waals surface area contributed by atoms with Crippen LogP contribution in [0, 0.1) is 6.92 Å². The molecule has 0 saturated heterocycles. The van der Waals surface area contributed by atoms with Crippen LogP contribution in [0.5, 0.6) is 0 Å². The summed E-state index contributed by atoms with van der Waals surface area (Å²) >= 11 is 1.60. The number of anilines is 1. The Kier molecular flexibility index (Phi) is 3.82. The molecule has 0 aromatic carbocycles. The first-order valence-electron chi connectivity index (χ1n) is 5.58. The van der Waals surface area contributed by atoms with Crippen molar-refractivity contribution < 1.29 is 8.42 Å². The van der Waals surface area contributed by atoms with Crippen LogP contribution >= 0.6 is 11.3 Å². The van der Waals surface area contributed by atoms with Gasteiger partial charge in [-0.15, -0.1) is 11.3 Å². The Morgan fingerprint density at radius 3 is 2.89 bits per heavy atom. The molecule has 0 bridgehead atoms. The Morgan fingerprint density at radius 2 is 2.17 bits per heavy atom. The summed E-state index contributed by atoms with van der Waals surface area (Å²) in [5.41, 5.74) is 2.09. The van der Waals surface area contributed by atoms with Crippen molar-refractivity contribution in [2.75, 3.05) is 23.9 Å². The highest BCUT2D eigenvalue weighted by atomic mass is 32.2. The number of nitrogens with one attached hydrogen (secondary N) is 1. The Bertz CT molecular complexity index is 649. The van der Waals surface area contributed by atoms with Crippen molar-refractivity contribution in [2.45, 2.75) is 13.3 Å². The highest BCUT2D eigenvalue weighted by molar-refractivity contribution is 7.90. The molecule has 0 spiro atoms. The maximum Gasteiger partial charge on any atom is 0.147 e. The molecule has 7 heteroatoms. The maximum atomic E-state index is 11.0. The van der Waals surface area contributed by atoms with Gasteiger partial charge in [-0.1, -0.05) is 0 Å². The summed E-state index contributed by atoms with van der Waals surface area (Å²) in [5.74, 6) is 0.976. The van der Waals surface area contributed by atoms with Crippen LogP contribution in [0.2, 0.25) is 0 Å². The third kappa shape index (κ3) is 3.17. The number of aryl methyl sites for hydroxylation is 1. The van der Waals surface area contributed by atoms with Gasteiger partial charge in [0.25, 0.3) is 0 Å². The van der Waals surface area contributed by atoms with Crippen LogP contribution in [0.15, 0.2) is 11.7 Å². The van der Waals surface area contributed by atoms with Crippen molar-refractivity contribution in [3.63, 3.8) is 0 Å². The fourth-order valence-corrected chi connectivity index (χ4v) is 3.27. The second-order valence-corrected chi connectivity index (χ2v) is 7.37. The molecule has 0 unspecified atom stereocenters. The van der Waals surface area contributed by atoms with E-state index < -0.39 is 9.84 Å². The smallest absolute Gasteiger partial charge is 0.147 e. The largest absolute Gasteiger partial charge is 0.369 e. The lowest BCUT2D eigenvalue weighted by atomic mass is 10.3. The molecule has 2 rings (SSSR count). The van der Waals surface area contributed by atoms with Gasteiger partial charge in [0.15, 0.2) is 0 Å². The van der Waals surface area contributed by atoms with E-state index in [1.165, 1.54) is 12.6 Å². The van der Waals surface area contributed by atoms with Crippen LogP contribution in [-0.4, -0.2) is 36.9 Å². The molecule has 0 atom stereocenters. The van der Waals surface area contributed by atoms with Crippen molar-refractivity contribution in [1.82, 2.24) is 9.97 Å². The van der Waals surface area contributed by atoms with Gasteiger partial charge in [-0.25, -0.2) is 18.4 Å². The van der Waals surface area contributed by atoms with Crippen LogP contribution in [-0.2, 0) is 9.84 Å². The van der Waals surface area contributed by atoms with Crippen LogP contribution in [0.25, 0.3) is 10.2 Å². The number of nitrogens with zero attached hydrogens (tertiary/aromatic N) is 2. The second kappa shape index (κ2) is 5.19. The predicted octanol–water partition coefficient (Wildman–Crippen LogP) is 1.85. The van der Waals surface area contributed by atoms with Crippen LogP contribution in [0.1, 0.15) is 12.0 Å².